The summed E-state index contributed by atoms with van der Waals surface area (Å²) in [6.45, 7) is 4.06. The smallest absolute Gasteiger partial charge is 0.200 e. The molecule has 0 bridgehead atoms. The second-order valence-corrected chi connectivity index (χ2v) is 7.44. The highest BCUT2D eigenvalue weighted by atomic mass is 79.9. The molecular weight excluding hydrogens is 390 g/mol. The van der Waals surface area contributed by atoms with Gasteiger partial charge in [-0.2, -0.15) is 0 Å². The molecule has 0 fully saturated rings. The predicted octanol–water partition coefficient (Wildman–Crippen LogP) is 4.42. The van der Waals surface area contributed by atoms with Crippen molar-refractivity contribution in [1.29, 1.82) is 0 Å². The molecule has 5 nitrogen and oxygen atoms in total. The first kappa shape index (κ1) is 17.0. The van der Waals surface area contributed by atoms with Crippen LogP contribution < -0.4 is 0 Å². The maximum Gasteiger partial charge on any atom is 0.200 e. The minimum absolute atomic E-state index is 0.108. The van der Waals surface area contributed by atoms with Gasteiger partial charge < -0.3 is 4.42 Å². The van der Waals surface area contributed by atoms with E-state index >= 15 is 0 Å². The quantitative estimate of drug-likeness (QED) is 0.568. The lowest BCUT2D eigenvalue weighted by atomic mass is 10.2. The van der Waals surface area contributed by atoms with E-state index in [9.17, 15) is 4.79 Å². The van der Waals surface area contributed by atoms with E-state index < -0.39 is 0 Å². The fraction of sp³-hybridized carbons (Fsp3) is 0.235. The zero-order chi connectivity index (χ0) is 17.1. The number of carbonyl (C=O) groups is 1. The molecule has 0 aliphatic rings. The van der Waals surface area contributed by atoms with Crippen LogP contribution in [0.3, 0.4) is 0 Å². The van der Waals surface area contributed by atoms with Gasteiger partial charge in [-0.05, 0) is 47.5 Å². The van der Waals surface area contributed by atoms with E-state index in [0.29, 0.717) is 28.0 Å². The van der Waals surface area contributed by atoms with Crippen LogP contribution in [0.2, 0.25) is 0 Å². The average Bonchev–Trinajstić information content (AvgIpc) is 3.15. The van der Waals surface area contributed by atoms with Crippen LogP contribution in [-0.4, -0.2) is 25.8 Å². The SMILES string of the molecule is CC(=O)[C@@H](C)Sc1nnc(-c2ccc(Br)o2)n1Cc1ccccc1. The van der Waals surface area contributed by atoms with Crippen LogP contribution >= 0.6 is 27.7 Å². The molecular formula is C17H16BrN3O2S. The minimum Gasteiger partial charge on any atom is -0.446 e. The molecule has 3 aromatic rings. The predicted molar refractivity (Wildman–Crippen MR) is 97.0 cm³/mol. The van der Waals surface area contributed by atoms with Gasteiger partial charge in [0.15, 0.2) is 15.6 Å². The second kappa shape index (κ2) is 7.36. The highest BCUT2D eigenvalue weighted by Crippen LogP contribution is 2.30. The van der Waals surface area contributed by atoms with Crippen molar-refractivity contribution in [2.24, 2.45) is 0 Å². The molecule has 7 heteroatoms. The number of aromatic nitrogens is 3. The van der Waals surface area contributed by atoms with Crippen LogP contribution in [0, 0.1) is 0 Å². The Morgan fingerprint density at radius 1 is 1.25 bits per heavy atom. The van der Waals surface area contributed by atoms with Gasteiger partial charge in [-0.15, -0.1) is 10.2 Å². The zero-order valence-corrected chi connectivity index (χ0v) is 15.7. The highest BCUT2D eigenvalue weighted by Gasteiger charge is 2.20. The molecule has 0 saturated carbocycles. The standard InChI is InChI=1S/C17H16BrN3O2S/c1-11(22)12(2)24-17-20-19-16(14-8-9-15(18)23-14)21(17)10-13-6-4-3-5-7-13/h3-9,12H,10H2,1-2H3/t12-/m1/s1. The Morgan fingerprint density at radius 2 is 2.00 bits per heavy atom. The molecule has 3 rings (SSSR count). The Labute approximate surface area is 152 Å². The van der Waals surface area contributed by atoms with E-state index in [1.54, 1.807) is 6.92 Å². The number of benzene rings is 1. The van der Waals surface area contributed by atoms with Crippen LogP contribution in [0.15, 0.2) is 56.7 Å². The maximum absolute atomic E-state index is 11.6. The van der Waals surface area contributed by atoms with Gasteiger partial charge in [-0.25, -0.2) is 0 Å². The molecule has 0 radical (unpaired) electrons. The molecule has 124 valence electrons. The highest BCUT2D eigenvalue weighted by molar-refractivity contribution is 9.10. The third kappa shape index (κ3) is 3.79. The van der Waals surface area contributed by atoms with E-state index in [1.807, 2.05) is 54.0 Å². The molecule has 1 atom stereocenters. The molecule has 0 N–H and O–H groups in total. The van der Waals surface area contributed by atoms with Crippen molar-refractivity contribution in [3.8, 4) is 11.6 Å². The Hall–Kier alpha value is -1.86. The van der Waals surface area contributed by atoms with E-state index in [1.165, 1.54) is 11.8 Å². The first-order chi connectivity index (χ1) is 11.5. The van der Waals surface area contributed by atoms with Crippen molar-refractivity contribution in [3.63, 3.8) is 0 Å². The van der Waals surface area contributed by atoms with Crippen molar-refractivity contribution < 1.29 is 9.21 Å². The summed E-state index contributed by atoms with van der Waals surface area (Å²) in [7, 11) is 0. The van der Waals surface area contributed by atoms with Gasteiger partial charge in [-0.1, -0.05) is 42.1 Å². The minimum atomic E-state index is -0.181. The number of halogens is 1. The molecule has 0 saturated heterocycles. The molecule has 0 aliphatic carbocycles. The first-order valence-electron chi connectivity index (χ1n) is 7.44. The largest absolute Gasteiger partial charge is 0.446 e. The van der Waals surface area contributed by atoms with Crippen LogP contribution in [0.5, 0.6) is 0 Å². The van der Waals surface area contributed by atoms with Crippen molar-refractivity contribution >= 4 is 33.5 Å². The van der Waals surface area contributed by atoms with Gasteiger partial charge in [-0.3, -0.25) is 9.36 Å². The molecule has 0 aliphatic heterocycles. The molecule has 24 heavy (non-hydrogen) atoms. The Morgan fingerprint density at radius 3 is 2.62 bits per heavy atom. The van der Waals surface area contributed by atoms with Gasteiger partial charge in [0, 0.05) is 0 Å². The van der Waals surface area contributed by atoms with E-state index in [-0.39, 0.29) is 11.0 Å². The topological polar surface area (TPSA) is 60.9 Å². The Balaban J connectivity index is 2.00. The zero-order valence-electron chi connectivity index (χ0n) is 13.3. The van der Waals surface area contributed by atoms with Crippen LogP contribution in [0.25, 0.3) is 11.6 Å². The number of hydrogen-bond acceptors (Lipinski definition) is 5. The number of Topliss-reactive ketones (excluding diaryl/α,β-unsaturated/α-hetero) is 1. The average molecular weight is 406 g/mol. The van der Waals surface area contributed by atoms with E-state index in [2.05, 4.69) is 26.1 Å². The van der Waals surface area contributed by atoms with Gasteiger partial charge in [0.05, 0.1) is 11.8 Å². The first-order valence-corrected chi connectivity index (χ1v) is 9.12. The normalized spacial score (nSPS) is 12.3. The summed E-state index contributed by atoms with van der Waals surface area (Å²) in [6.07, 6.45) is 0. The number of furan rings is 1. The molecule has 0 spiro atoms. The van der Waals surface area contributed by atoms with Crippen LogP contribution in [-0.2, 0) is 11.3 Å². The van der Waals surface area contributed by atoms with E-state index in [0.717, 1.165) is 5.56 Å². The van der Waals surface area contributed by atoms with Crippen molar-refractivity contribution in [2.75, 3.05) is 0 Å². The van der Waals surface area contributed by atoms with Crippen molar-refractivity contribution in [2.45, 2.75) is 30.8 Å². The lowest BCUT2D eigenvalue weighted by Crippen LogP contribution is -2.11. The lowest BCUT2D eigenvalue weighted by molar-refractivity contribution is -0.116. The third-order valence-electron chi connectivity index (χ3n) is 3.55. The van der Waals surface area contributed by atoms with Gasteiger partial charge in [0.2, 0.25) is 5.82 Å². The van der Waals surface area contributed by atoms with E-state index in [4.69, 9.17) is 4.42 Å². The lowest BCUT2D eigenvalue weighted by Gasteiger charge is -2.11. The molecule has 2 aromatic heterocycles. The fourth-order valence-electron chi connectivity index (χ4n) is 2.14. The number of ketones is 1. The number of nitrogens with zero attached hydrogens (tertiary/aromatic N) is 3. The summed E-state index contributed by atoms with van der Waals surface area (Å²) in [5, 5.41) is 9.06. The Bertz CT molecular complexity index is 845. The number of carbonyl (C=O) groups excluding carboxylic acids is 1. The molecule has 2 heterocycles. The fourth-order valence-corrected chi connectivity index (χ4v) is 3.30. The number of hydrogen-bond donors (Lipinski definition) is 0. The second-order valence-electron chi connectivity index (χ2n) is 5.35. The summed E-state index contributed by atoms with van der Waals surface area (Å²) in [4.78, 5) is 11.6. The van der Waals surface area contributed by atoms with Gasteiger partial charge in [0.25, 0.3) is 0 Å². The Kier molecular flexibility index (Phi) is 5.20. The van der Waals surface area contributed by atoms with Crippen molar-refractivity contribution in [3.05, 3.63) is 52.7 Å². The summed E-state index contributed by atoms with van der Waals surface area (Å²) >= 11 is 4.72. The summed E-state index contributed by atoms with van der Waals surface area (Å²) in [5.41, 5.74) is 1.13. The van der Waals surface area contributed by atoms with Crippen LogP contribution in [0.1, 0.15) is 19.4 Å². The summed E-state index contributed by atoms with van der Waals surface area (Å²) in [5.74, 6) is 1.38. The molecule has 0 amide bonds. The maximum atomic E-state index is 11.6. The number of rotatable bonds is 6. The summed E-state index contributed by atoms with van der Waals surface area (Å²) in [6, 6.07) is 13.7. The summed E-state index contributed by atoms with van der Waals surface area (Å²) < 4.78 is 8.24. The molecule has 0 unspecified atom stereocenters. The number of thioether (sulfide) groups is 1. The molecule has 1 aromatic carbocycles. The monoisotopic (exact) mass is 405 g/mol. The van der Waals surface area contributed by atoms with Gasteiger partial charge >= 0.3 is 0 Å². The van der Waals surface area contributed by atoms with Gasteiger partial charge in [0.1, 0.15) is 5.78 Å². The third-order valence-corrected chi connectivity index (χ3v) is 5.17. The van der Waals surface area contributed by atoms with Crippen LogP contribution in [0.4, 0.5) is 0 Å². The van der Waals surface area contributed by atoms with Crippen molar-refractivity contribution in [1.82, 2.24) is 14.8 Å².